The second-order valence-electron chi connectivity index (χ2n) is 6.32. The Morgan fingerprint density at radius 1 is 1.40 bits per heavy atom. The Hall–Kier alpha value is -0.580. The van der Waals surface area contributed by atoms with Crippen LogP contribution in [0.15, 0.2) is 16.6 Å². The molecule has 112 valence electrons. The number of rotatable bonds is 3. The van der Waals surface area contributed by atoms with Gasteiger partial charge in [0, 0.05) is 29.3 Å². The van der Waals surface area contributed by atoms with Crippen molar-refractivity contribution < 1.29 is 0 Å². The van der Waals surface area contributed by atoms with Crippen molar-refractivity contribution in [2.24, 2.45) is 5.73 Å². The fourth-order valence-corrected chi connectivity index (χ4v) is 3.34. The van der Waals surface area contributed by atoms with Crippen LogP contribution in [-0.2, 0) is 0 Å². The maximum absolute atomic E-state index is 6.11. The number of likely N-dealkylation sites (tertiary alicyclic amines) is 1. The van der Waals surface area contributed by atoms with Crippen LogP contribution >= 0.6 is 15.9 Å². The van der Waals surface area contributed by atoms with E-state index in [0.717, 1.165) is 19.4 Å². The maximum Gasteiger partial charge on any atom is 0.0522 e. The van der Waals surface area contributed by atoms with Gasteiger partial charge in [-0.3, -0.25) is 0 Å². The summed E-state index contributed by atoms with van der Waals surface area (Å²) in [5.74, 6) is 0. The van der Waals surface area contributed by atoms with Crippen molar-refractivity contribution in [3.8, 4) is 0 Å². The predicted octanol–water partition coefficient (Wildman–Crippen LogP) is 3.29. The molecule has 1 saturated heterocycles. The van der Waals surface area contributed by atoms with Gasteiger partial charge in [0.05, 0.1) is 5.54 Å². The standard InChI is InChI=1S/C16H26BrN3/c1-11-7-14(8-12(2)15(11)17)19-16(10-18)5-6-20(4)13(3)9-16/h7-8,13,19H,5-6,9-10,18H2,1-4H3. The number of hydrogen-bond donors (Lipinski definition) is 2. The van der Waals surface area contributed by atoms with E-state index in [1.165, 1.54) is 21.3 Å². The van der Waals surface area contributed by atoms with Crippen LogP contribution in [0.2, 0.25) is 0 Å². The van der Waals surface area contributed by atoms with E-state index in [0.29, 0.717) is 12.6 Å². The lowest BCUT2D eigenvalue weighted by molar-refractivity contribution is 0.147. The summed E-state index contributed by atoms with van der Waals surface area (Å²) < 4.78 is 1.20. The molecule has 0 bridgehead atoms. The van der Waals surface area contributed by atoms with Gasteiger partial charge in [0.1, 0.15) is 0 Å². The van der Waals surface area contributed by atoms with Gasteiger partial charge in [-0.1, -0.05) is 15.9 Å². The number of aryl methyl sites for hydroxylation is 2. The molecule has 1 fully saturated rings. The molecule has 0 aromatic heterocycles. The van der Waals surface area contributed by atoms with Crippen LogP contribution in [0.1, 0.15) is 30.9 Å². The smallest absolute Gasteiger partial charge is 0.0522 e. The molecule has 20 heavy (non-hydrogen) atoms. The molecule has 2 atom stereocenters. The highest BCUT2D eigenvalue weighted by molar-refractivity contribution is 9.10. The van der Waals surface area contributed by atoms with Crippen LogP contribution in [0, 0.1) is 13.8 Å². The van der Waals surface area contributed by atoms with Crippen LogP contribution in [0.4, 0.5) is 5.69 Å². The molecule has 1 aromatic carbocycles. The van der Waals surface area contributed by atoms with Crippen LogP contribution in [0.5, 0.6) is 0 Å². The van der Waals surface area contributed by atoms with Gasteiger partial charge in [-0.25, -0.2) is 0 Å². The first-order valence-corrected chi connectivity index (χ1v) is 8.11. The molecular formula is C16H26BrN3. The van der Waals surface area contributed by atoms with Gasteiger partial charge in [-0.2, -0.15) is 0 Å². The maximum atomic E-state index is 6.11. The molecule has 1 aliphatic heterocycles. The van der Waals surface area contributed by atoms with E-state index in [-0.39, 0.29) is 5.54 Å². The Bertz CT molecular complexity index is 466. The van der Waals surface area contributed by atoms with Crippen molar-refractivity contribution >= 4 is 21.6 Å². The largest absolute Gasteiger partial charge is 0.378 e. The molecule has 2 rings (SSSR count). The normalized spacial score (nSPS) is 27.6. The van der Waals surface area contributed by atoms with Gasteiger partial charge in [-0.15, -0.1) is 0 Å². The number of benzene rings is 1. The average molecular weight is 340 g/mol. The molecule has 1 heterocycles. The van der Waals surface area contributed by atoms with Crippen molar-refractivity contribution in [3.05, 3.63) is 27.7 Å². The van der Waals surface area contributed by atoms with E-state index >= 15 is 0 Å². The van der Waals surface area contributed by atoms with Crippen molar-refractivity contribution in [1.29, 1.82) is 0 Å². The van der Waals surface area contributed by atoms with Gasteiger partial charge in [0.15, 0.2) is 0 Å². The molecular weight excluding hydrogens is 314 g/mol. The number of anilines is 1. The minimum atomic E-state index is 0.0264. The average Bonchev–Trinajstić information content (AvgIpc) is 2.40. The van der Waals surface area contributed by atoms with E-state index in [2.05, 4.69) is 66.1 Å². The van der Waals surface area contributed by atoms with Gasteiger partial charge in [0.25, 0.3) is 0 Å². The van der Waals surface area contributed by atoms with Crippen LogP contribution < -0.4 is 11.1 Å². The predicted molar refractivity (Wildman–Crippen MR) is 90.4 cm³/mol. The SMILES string of the molecule is Cc1cc(NC2(CN)CCN(C)C(C)C2)cc(C)c1Br. The van der Waals surface area contributed by atoms with Crippen molar-refractivity contribution in [2.45, 2.75) is 45.2 Å². The Labute approximate surface area is 131 Å². The quantitative estimate of drug-likeness (QED) is 0.887. The minimum Gasteiger partial charge on any atom is -0.378 e. The Morgan fingerprint density at radius 3 is 2.50 bits per heavy atom. The fraction of sp³-hybridized carbons (Fsp3) is 0.625. The van der Waals surface area contributed by atoms with Crippen LogP contribution in [0.25, 0.3) is 0 Å². The lowest BCUT2D eigenvalue weighted by Crippen LogP contribution is -2.55. The van der Waals surface area contributed by atoms with E-state index in [1.54, 1.807) is 0 Å². The molecule has 3 nitrogen and oxygen atoms in total. The third-order valence-corrected chi connectivity index (χ3v) is 5.87. The zero-order valence-electron chi connectivity index (χ0n) is 13.0. The zero-order chi connectivity index (χ0) is 14.9. The number of nitrogens with zero attached hydrogens (tertiary/aromatic N) is 1. The summed E-state index contributed by atoms with van der Waals surface area (Å²) >= 11 is 3.63. The molecule has 0 saturated carbocycles. The van der Waals surface area contributed by atoms with E-state index in [4.69, 9.17) is 5.73 Å². The summed E-state index contributed by atoms with van der Waals surface area (Å²) in [6.07, 6.45) is 2.19. The zero-order valence-corrected chi connectivity index (χ0v) is 14.5. The van der Waals surface area contributed by atoms with Gasteiger partial charge in [0.2, 0.25) is 0 Å². The molecule has 0 spiro atoms. The van der Waals surface area contributed by atoms with Crippen molar-refractivity contribution in [1.82, 2.24) is 4.90 Å². The number of hydrogen-bond acceptors (Lipinski definition) is 3. The Kier molecular flexibility index (Phi) is 4.77. The van der Waals surface area contributed by atoms with Crippen LogP contribution in [0.3, 0.4) is 0 Å². The summed E-state index contributed by atoms with van der Waals surface area (Å²) in [6, 6.07) is 4.98. The van der Waals surface area contributed by atoms with E-state index in [9.17, 15) is 0 Å². The second kappa shape index (κ2) is 6.04. The third-order valence-electron chi connectivity index (χ3n) is 4.62. The third kappa shape index (κ3) is 3.18. The molecule has 1 aliphatic rings. The first kappa shape index (κ1) is 15.8. The van der Waals surface area contributed by atoms with Gasteiger partial charge >= 0.3 is 0 Å². The van der Waals surface area contributed by atoms with Crippen LogP contribution in [-0.4, -0.2) is 36.6 Å². The second-order valence-corrected chi connectivity index (χ2v) is 7.11. The van der Waals surface area contributed by atoms with Crippen molar-refractivity contribution in [3.63, 3.8) is 0 Å². The van der Waals surface area contributed by atoms with E-state index in [1.807, 2.05) is 0 Å². The molecule has 0 amide bonds. The number of nitrogens with one attached hydrogen (secondary N) is 1. The summed E-state index contributed by atoms with van der Waals surface area (Å²) in [5, 5.41) is 3.73. The number of piperidine rings is 1. The molecule has 0 radical (unpaired) electrons. The van der Waals surface area contributed by atoms with E-state index < -0.39 is 0 Å². The lowest BCUT2D eigenvalue weighted by atomic mass is 9.83. The summed E-state index contributed by atoms with van der Waals surface area (Å²) in [6.45, 7) is 8.33. The van der Waals surface area contributed by atoms with Gasteiger partial charge < -0.3 is 16.0 Å². The fourth-order valence-electron chi connectivity index (χ4n) is 3.11. The number of nitrogens with two attached hydrogens (primary N) is 1. The molecule has 2 unspecified atom stereocenters. The molecule has 0 aliphatic carbocycles. The molecule has 3 N–H and O–H groups in total. The number of halogens is 1. The first-order valence-electron chi connectivity index (χ1n) is 7.32. The summed E-state index contributed by atoms with van der Waals surface area (Å²) in [5.41, 5.74) is 9.85. The Morgan fingerprint density at radius 2 is 2.00 bits per heavy atom. The monoisotopic (exact) mass is 339 g/mol. The lowest BCUT2D eigenvalue weighted by Gasteiger charge is -2.45. The highest BCUT2D eigenvalue weighted by Gasteiger charge is 2.35. The highest BCUT2D eigenvalue weighted by Crippen LogP contribution is 2.32. The van der Waals surface area contributed by atoms with Gasteiger partial charge in [-0.05, 0) is 63.9 Å². The summed E-state index contributed by atoms with van der Waals surface area (Å²) in [4.78, 5) is 2.41. The topological polar surface area (TPSA) is 41.3 Å². The molecule has 1 aromatic rings. The highest BCUT2D eigenvalue weighted by atomic mass is 79.9. The first-order chi connectivity index (χ1) is 9.37. The molecule has 4 heteroatoms. The Balaban J connectivity index is 2.22. The summed E-state index contributed by atoms with van der Waals surface area (Å²) in [7, 11) is 2.19. The van der Waals surface area contributed by atoms with Crippen molar-refractivity contribution in [2.75, 3.05) is 25.5 Å². The minimum absolute atomic E-state index is 0.0264.